The van der Waals surface area contributed by atoms with Gasteiger partial charge in [0.1, 0.15) is 5.56 Å². The van der Waals surface area contributed by atoms with Crippen LogP contribution in [0.15, 0.2) is 41.1 Å². The SMILES string of the molecule is CCO[C@H]1CN(CC)C[C@@H]1NC(=O)c1cnoc1-c1ccccc1. The molecule has 3 rings (SSSR count). The molecule has 0 unspecified atom stereocenters. The van der Waals surface area contributed by atoms with Gasteiger partial charge in [-0.2, -0.15) is 0 Å². The van der Waals surface area contributed by atoms with Gasteiger partial charge < -0.3 is 14.6 Å². The van der Waals surface area contributed by atoms with Crippen molar-refractivity contribution in [2.24, 2.45) is 0 Å². The average molecular weight is 329 g/mol. The number of likely N-dealkylation sites (tertiary alicyclic amines) is 1. The van der Waals surface area contributed by atoms with Crippen LogP contribution >= 0.6 is 0 Å². The highest BCUT2D eigenvalue weighted by Gasteiger charge is 2.34. The van der Waals surface area contributed by atoms with E-state index in [-0.39, 0.29) is 18.1 Å². The Kier molecular flexibility index (Phi) is 5.27. The number of likely N-dealkylation sites (N-methyl/N-ethyl adjacent to an activating group) is 1. The molecule has 1 saturated heterocycles. The van der Waals surface area contributed by atoms with Crippen molar-refractivity contribution in [2.45, 2.75) is 26.0 Å². The molecule has 1 aromatic carbocycles. The summed E-state index contributed by atoms with van der Waals surface area (Å²) in [6.07, 6.45) is 1.49. The van der Waals surface area contributed by atoms with Gasteiger partial charge in [-0.15, -0.1) is 0 Å². The zero-order valence-corrected chi connectivity index (χ0v) is 14.1. The summed E-state index contributed by atoms with van der Waals surface area (Å²) >= 11 is 0. The third kappa shape index (κ3) is 3.49. The van der Waals surface area contributed by atoms with Gasteiger partial charge >= 0.3 is 0 Å². The van der Waals surface area contributed by atoms with E-state index in [4.69, 9.17) is 9.26 Å². The normalized spacial score (nSPS) is 21.1. The number of hydrogen-bond donors (Lipinski definition) is 1. The van der Waals surface area contributed by atoms with Crippen LogP contribution < -0.4 is 5.32 Å². The Morgan fingerprint density at radius 3 is 2.83 bits per heavy atom. The highest BCUT2D eigenvalue weighted by atomic mass is 16.5. The van der Waals surface area contributed by atoms with Crippen LogP contribution in [0.25, 0.3) is 11.3 Å². The topological polar surface area (TPSA) is 67.6 Å². The molecule has 0 saturated carbocycles. The lowest BCUT2D eigenvalue weighted by atomic mass is 10.1. The average Bonchev–Trinajstić information content (AvgIpc) is 3.23. The van der Waals surface area contributed by atoms with E-state index in [1.165, 1.54) is 6.20 Å². The van der Waals surface area contributed by atoms with Gasteiger partial charge in [0.2, 0.25) is 0 Å². The molecular formula is C18H23N3O3. The molecule has 2 aromatic rings. The molecule has 1 aliphatic heterocycles. The molecule has 1 aliphatic rings. The van der Waals surface area contributed by atoms with Crippen molar-refractivity contribution in [1.29, 1.82) is 0 Å². The fraction of sp³-hybridized carbons (Fsp3) is 0.444. The summed E-state index contributed by atoms with van der Waals surface area (Å²) in [6, 6.07) is 9.49. The lowest BCUT2D eigenvalue weighted by Gasteiger charge is -2.19. The minimum atomic E-state index is -0.178. The molecule has 1 N–H and O–H groups in total. The van der Waals surface area contributed by atoms with E-state index in [2.05, 4.69) is 22.3 Å². The van der Waals surface area contributed by atoms with Crippen LogP contribution in [0.5, 0.6) is 0 Å². The number of amides is 1. The van der Waals surface area contributed by atoms with Gasteiger partial charge in [-0.3, -0.25) is 9.69 Å². The Bertz CT molecular complexity index is 671. The Labute approximate surface area is 141 Å². The van der Waals surface area contributed by atoms with Gasteiger partial charge in [0.05, 0.1) is 18.3 Å². The van der Waals surface area contributed by atoms with Crippen LogP contribution in [-0.2, 0) is 4.74 Å². The molecular weight excluding hydrogens is 306 g/mol. The Morgan fingerprint density at radius 2 is 2.12 bits per heavy atom. The number of ether oxygens (including phenoxy) is 1. The van der Waals surface area contributed by atoms with Gasteiger partial charge in [0.15, 0.2) is 5.76 Å². The largest absolute Gasteiger partial charge is 0.375 e. The van der Waals surface area contributed by atoms with Crippen molar-refractivity contribution in [3.63, 3.8) is 0 Å². The lowest BCUT2D eigenvalue weighted by Crippen LogP contribution is -2.44. The smallest absolute Gasteiger partial charge is 0.257 e. The number of nitrogens with zero attached hydrogens (tertiary/aromatic N) is 2. The van der Waals surface area contributed by atoms with Crippen LogP contribution in [0.1, 0.15) is 24.2 Å². The molecule has 6 heteroatoms. The van der Waals surface area contributed by atoms with Crippen LogP contribution in [0, 0.1) is 0 Å². The Hall–Kier alpha value is -2.18. The molecule has 24 heavy (non-hydrogen) atoms. The van der Waals surface area contributed by atoms with E-state index >= 15 is 0 Å². The highest BCUT2D eigenvalue weighted by molar-refractivity contribution is 5.99. The van der Waals surface area contributed by atoms with Gasteiger partial charge in [-0.1, -0.05) is 42.4 Å². The number of aromatic nitrogens is 1. The predicted octanol–water partition coefficient (Wildman–Crippen LogP) is 2.18. The summed E-state index contributed by atoms with van der Waals surface area (Å²) in [5, 5.41) is 6.89. The number of rotatable bonds is 6. The first-order valence-corrected chi connectivity index (χ1v) is 8.37. The zero-order chi connectivity index (χ0) is 16.9. The van der Waals surface area contributed by atoms with Crippen molar-refractivity contribution in [3.8, 4) is 11.3 Å². The van der Waals surface area contributed by atoms with E-state index in [9.17, 15) is 4.79 Å². The molecule has 1 aromatic heterocycles. The van der Waals surface area contributed by atoms with Crippen LogP contribution in [0.2, 0.25) is 0 Å². The Balaban J connectivity index is 1.75. The van der Waals surface area contributed by atoms with E-state index in [0.717, 1.165) is 25.2 Å². The number of nitrogens with one attached hydrogen (secondary N) is 1. The first-order chi connectivity index (χ1) is 11.7. The number of carbonyl (C=O) groups is 1. The van der Waals surface area contributed by atoms with Crippen molar-refractivity contribution in [3.05, 3.63) is 42.1 Å². The second-order valence-corrected chi connectivity index (χ2v) is 5.86. The zero-order valence-electron chi connectivity index (χ0n) is 14.1. The second-order valence-electron chi connectivity index (χ2n) is 5.86. The third-order valence-corrected chi connectivity index (χ3v) is 4.34. The summed E-state index contributed by atoms with van der Waals surface area (Å²) in [5.41, 5.74) is 1.29. The summed E-state index contributed by atoms with van der Waals surface area (Å²) in [7, 11) is 0. The minimum Gasteiger partial charge on any atom is -0.375 e. The van der Waals surface area contributed by atoms with Crippen molar-refractivity contribution >= 4 is 5.91 Å². The maximum absolute atomic E-state index is 12.7. The van der Waals surface area contributed by atoms with Crippen LogP contribution in [0.3, 0.4) is 0 Å². The molecule has 0 aliphatic carbocycles. The first kappa shape index (κ1) is 16.7. The molecule has 2 heterocycles. The molecule has 1 amide bonds. The predicted molar refractivity (Wildman–Crippen MR) is 90.7 cm³/mol. The lowest BCUT2D eigenvalue weighted by molar-refractivity contribution is 0.0506. The summed E-state index contributed by atoms with van der Waals surface area (Å²) in [6.45, 7) is 7.29. The quantitative estimate of drug-likeness (QED) is 0.880. The summed E-state index contributed by atoms with van der Waals surface area (Å²) < 4.78 is 11.1. The maximum Gasteiger partial charge on any atom is 0.257 e. The number of benzene rings is 1. The van der Waals surface area contributed by atoms with Gasteiger partial charge in [0.25, 0.3) is 5.91 Å². The van der Waals surface area contributed by atoms with Gasteiger partial charge in [0, 0.05) is 25.3 Å². The van der Waals surface area contributed by atoms with Gasteiger partial charge in [-0.25, -0.2) is 0 Å². The Morgan fingerprint density at radius 1 is 1.33 bits per heavy atom. The highest BCUT2D eigenvalue weighted by Crippen LogP contribution is 2.23. The van der Waals surface area contributed by atoms with Crippen LogP contribution in [-0.4, -0.2) is 54.4 Å². The first-order valence-electron chi connectivity index (χ1n) is 8.37. The summed E-state index contributed by atoms with van der Waals surface area (Å²) in [5.74, 6) is 0.314. The fourth-order valence-corrected chi connectivity index (χ4v) is 3.08. The molecule has 6 nitrogen and oxygen atoms in total. The van der Waals surface area contributed by atoms with E-state index in [1.807, 2.05) is 37.3 Å². The molecule has 2 atom stereocenters. The minimum absolute atomic E-state index is 0.0129. The number of carbonyl (C=O) groups excluding carboxylic acids is 1. The van der Waals surface area contributed by atoms with Gasteiger partial charge in [-0.05, 0) is 13.5 Å². The molecule has 128 valence electrons. The van der Waals surface area contributed by atoms with Crippen molar-refractivity contribution < 1.29 is 14.1 Å². The maximum atomic E-state index is 12.7. The van der Waals surface area contributed by atoms with E-state index in [1.54, 1.807) is 0 Å². The molecule has 0 spiro atoms. The fourth-order valence-electron chi connectivity index (χ4n) is 3.08. The standard InChI is InChI=1S/C18H23N3O3/c1-3-21-11-15(16(12-21)23-4-2)20-18(22)14-10-19-24-17(14)13-8-6-5-7-9-13/h5-10,15-16H,3-4,11-12H2,1-2H3,(H,20,22)/t15-,16-/m0/s1. The third-order valence-electron chi connectivity index (χ3n) is 4.34. The molecule has 0 bridgehead atoms. The summed E-state index contributed by atoms with van der Waals surface area (Å²) in [4.78, 5) is 15.0. The van der Waals surface area contributed by atoms with Crippen molar-refractivity contribution in [2.75, 3.05) is 26.2 Å². The number of hydrogen-bond acceptors (Lipinski definition) is 5. The molecule has 0 radical (unpaired) electrons. The monoisotopic (exact) mass is 329 g/mol. The van der Waals surface area contributed by atoms with Crippen molar-refractivity contribution in [1.82, 2.24) is 15.4 Å². The second kappa shape index (κ2) is 7.59. The van der Waals surface area contributed by atoms with E-state index < -0.39 is 0 Å². The van der Waals surface area contributed by atoms with Crippen LogP contribution in [0.4, 0.5) is 0 Å². The van der Waals surface area contributed by atoms with E-state index in [0.29, 0.717) is 17.9 Å². The molecule has 1 fully saturated rings.